The zero-order valence-electron chi connectivity index (χ0n) is 16.4. The second-order valence-electron chi connectivity index (χ2n) is 8.11. The highest BCUT2D eigenvalue weighted by Crippen LogP contribution is 2.38. The first-order valence-electron chi connectivity index (χ1n) is 10.3. The third kappa shape index (κ3) is 4.67. The first-order chi connectivity index (χ1) is 14.0. The molecule has 1 amide bonds. The van der Waals surface area contributed by atoms with Crippen molar-refractivity contribution in [1.29, 1.82) is 0 Å². The lowest BCUT2D eigenvalue weighted by Crippen LogP contribution is -2.41. The van der Waals surface area contributed by atoms with Crippen LogP contribution < -0.4 is 4.90 Å². The van der Waals surface area contributed by atoms with Gasteiger partial charge in [0.05, 0.1) is 11.3 Å². The standard InChI is InChI=1S/C22H26N2O3S2/c25-20(26)10-12-24-21(27)19(29-22(24)28)13-15-5-7-18(8-6-15)23-11-9-16-3-1-2-4-17(16)14-23/h5-8,13,16-17H,1-4,9-12,14H2,(H,25,26)/t16-,17+/m0/s1. The van der Waals surface area contributed by atoms with Gasteiger partial charge >= 0.3 is 5.97 Å². The van der Waals surface area contributed by atoms with Gasteiger partial charge in [0.25, 0.3) is 5.91 Å². The largest absolute Gasteiger partial charge is 0.481 e. The highest BCUT2D eigenvalue weighted by atomic mass is 32.2. The van der Waals surface area contributed by atoms with E-state index in [0.29, 0.717) is 9.23 Å². The van der Waals surface area contributed by atoms with Crippen LogP contribution in [-0.4, -0.2) is 45.8 Å². The van der Waals surface area contributed by atoms with Crippen LogP contribution in [0, 0.1) is 11.8 Å². The number of benzene rings is 1. The molecule has 154 valence electrons. The second kappa shape index (κ2) is 8.88. The Balaban J connectivity index is 1.41. The quantitative estimate of drug-likeness (QED) is 0.553. The lowest BCUT2D eigenvalue weighted by atomic mass is 9.75. The van der Waals surface area contributed by atoms with Crippen molar-refractivity contribution in [2.75, 3.05) is 24.5 Å². The molecule has 5 nitrogen and oxygen atoms in total. The molecule has 0 radical (unpaired) electrons. The molecule has 0 bridgehead atoms. The number of amides is 1. The summed E-state index contributed by atoms with van der Waals surface area (Å²) in [6.07, 6.45) is 8.58. The summed E-state index contributed by atoms with van der Waals surface area (Å²) < 4.78 is 0.425. The van der Waals surface area contributed by atoms with Gasteiger partial charge in [-0.05, 0) is 48.4 Å². The number of fused-ring (bicyclic) bond motifs is 1. The van der Waals surface area contributed by atoms with E-state index < -0.39 is 5.97 Å². The zero-order valence-corrected chi connectivity index (χ0v) is 18.0. The van der Waals surface area contributed by atoms with Crippen molar-refractivity contribution in [1.82, 2.24) is 4.90 Å². The normalized spacial score (nSPS) is 26.1. The van der Waals surface area contributed by atoms with Crippen LogP contribution in [-0.2, 0) is 9.59 Å². The monoisotopic (exact) mass is 430 g/mol. The molecule has 0 spiro atoms. The Labute approximate surface area is 181 Å². The predicted molar refractivity (Wildman–Crippen MR) is 121 cm³/mol. The van der Waals surface area contributed by atoms with Crippen LogP contribution in [0.15, 0.2) is 29.2 Å². The number of piperidine rings is 1. The Kier molecular flexibility index (Phi) is 6.25. The Morgan fingerprint density at radius 1 is 1.17 bits per heavy atom. The number of thiocarbonyl (C=S) groups is 1. The summed E-state index contributed by atoms with van der Waals surface area (Å²) in [5, 5.41) is 8.84. The van der Waals surface area contributed by atoms with Crippen LogP contribution in [0.4, 0.5) is 5.69 Å². The van der Waals surface area contributed by atoms with Crippen LogP contribution in [0.2, 0.25) is 0 Å². The van der Waals surface area contributed by atoms with Crippen LogP contribution in [0.25, 0.3) is 6.08 Å². The van der Waals surface area contributed by atoms with Crippen molar-refractivity contribution >= 4 is 51.9 Å². The number of carboxylic acid groups (broad SMARTS) is 1. The van der Waals surface area contributed by atoms with Crippen LogP contribution in [0.5, 0.6) is 0 Å². The fourth-order valence-electron chi connectivity index (χ4n) is 4.67. The maximum Gasteiger partial charge on any atom is 0.305 e. The molecule has 29 heavy (non-hydrogen) atoms. The lowest BCUT2D eigenvalue weighted by Gasteiger charge is -2.42. The van der Waals surface area contributed by atoms with Gasteiger partial charge in [0.15, 0.2) is 0 Å². The van der Waals surface area contributed by atoms with Crippen LogP contribution >= 0.6 is 24.0 Å². The molecule has 1 saturated carbocycles. The molecule has 1 aromatic rings. The van der Waals surface area contributed by atoms with Crippen LogP contribution in [0.3, 0.4) is 0 Å². The van der Waals surface area contributed by atoms with Crippen molar-refractivity contribution in [3.8, 4) is 0 Å². The molecule has 4 rings (SSSR count). The minimum atomic E-state index is -0.934. The fourth-order valence-corrected chi connectivity index (χ4v) is 5.98. The summed E-state index contributed by atoms with van der Waals surface area (Å²) in [5.74, 6) is 0.618. The molecule has 2 atom stereocenters. The van der Waals surface area contributed by atoms with E-state index in [1.807, 2.05) is 18.2 Å². The van der Waals surface area contributed by atoms with Crippen molar-refractivity contribution in [2.45, 2.75) is 38.5 Å². The molecule has 3 fully saturated rings. The maximum absolute atomic E-state index is 12.5. The highest BCUT2D eigenvalue weighted by Gasteiger charge is 2.32. The third-order valence-electron chi connectivity index (χ3n) is 6.27. The molecular weight excluding hydrogens is 404 g/mol. The van der Waals surface area contributed by atoms with Gasteiger partial charge in [-0.15, -0.1) is 0 Å². The Morgan fingerprint density at radius 2 is 1.90 bits per heavy atom. The van der Waals surface area contributed by atoms with Gasteiger partial charge in [-0.25, -0.2) is 0 Å². The molecule has 0 unspecified atom stereocenters. The van der Waals surface area contributed by atoms with E-state index in [2.05, 4.69) is 17.0 Å². The maximum atomic E-state index is 12.5. The smallest absolute Gasteiger partial charge is 0.305 e. The summed E-state index contributed by atoms with van der Waals surface area (Å²) in [6.45, 7) is 2.41. The van der Waals surface area contributed by atoms with E-state index in [-0.39, 0.29) is 18.9 Å². The van der Waals surface area contributed by atoms with Crippen molar-refractivity contribution < 1.29 is 14.7 Å². The minimum Gasteiger partial charge on any atom is -0.481 e. The first kappa shape index (κ1) is 20.4. The number of nitrogens with zero attached hydrogens (tertiary/aromatic N) is 2. The van der Waals surface area contributed by atoms with Gasteiger partial charge in [0, 0.05) is 25.3 Å². The number of rotatable bonds is 5. The summed E-state index contributed by atoms with van der Waals surface area (Å²) in [7, 11) is 0. The number of aliphatic carboxylic acids is 1. The number of thioether (sulfide) groups is 1. The fraction of sp³-hybridized carbons (Fsp3) is 0.500. The number of carbonyl (C=O) groups excluding carboxylic acids is 1. The Hall–Kier alpha value is -1.86. The Morgan fingerprint density at radius 3 is 2.62 bits per heavy atom. The molecule has 0 aromatic heterocycles. The molecule has 7 heteroatoms. The molecule has 1 N–H and O–H groups in total. The summed E-state index contributed by atoms with van der Waals surface area (Å²) in [5.41, 5.74) is 2.21. The number of hydrogen-bond acceptors (Lipinski definition) is 5. The van der Waals surface area contributed by atoms with E-state index in [0.717, 1.165) is 30.5 Å². The van der Waals surface area contributed by atoms with E-state index in [1.54, 1.807) is 0 Å². The summed E-state index contributed by atoms with van der Waals surface area (Å²) >= 11 is 6.48. The molecule has 3 aliphatic rings. The molecule has 2 aliphatic heterocycles. The third-order valence-corrected chi connectivity index (χ3v) is 7.65. The SMILES string of the molecule is O=C(O)CCN1C(=O)C(=Cc2ccc(N3CC[C@@H]4CCCC[C@@H]4C3)cc2)SC1=S. The predicted octanol–water partition coefficient (Wildman–Crippen LogP) is 4.38. The van der Waals surface area contributed by atoms with Crippen LogP contribution in [0.1, 0.15) is 44.1 Å². The van der Waals surface area contributed by atoms with Gasteiger partial charge in [0.1, 0.15) is 4.32 Å². The Bertz CT molecular complexity index is 837. The number of hydrogen-bond donors (Lipinski definition) is 1. The van der Waals surface area contributed by atoms with E-state index in [9.17, 15) is 9.59 Å². The summed E-state index contributed by atoms with van der Waals surface area (Å²) in [4.78, 5) is 27.7. The summed E-state index contributed by atoms with van der Waals surface area (Å²) in [6, 6.07) is 8.37. The molecule has 1 aliphatic carbocycles. The van der Waals surface area contributed by atoms with Gasteiger partial charge in [-0.2, -0.15) is 0 Å². The van der Waals surface area contributed by atoms with Crippen molar-refractivity contribution in [3.05, 3.63) is 34.7 Å². The van der Waals surface area contributed by atoms with E-state index in [1.165, 1.54) is 54.5 Å². The number of carboxylic acids is 1. The molecule has 2 saturated heterocycles. The zero-order chi connectivity index (χ0) is 20.4. The minimum absolute atomic E-state index is 0.105. The lowest BCUT2D eigenvalue weighted by molar-refractivity contribution is -0.137. The average Bonchev–Trinajstić information content (AvgIpc) is 2.99. The van der Waals surface area contributed by atoms with Gasteiger partial charge in [-0.1, -0.05) is 55.4 Å². The van der Waals surface area contributed by atoms with Gasteiger partial charge in [-0.3, -0.25) is 14.5 Å². The topological polar surface area (TPSA) is 60.9 Å². The highest BCUT2D eigenvalue weighted by molar-refractivity contribution is 8.26. The average molecular weight is 431 g/mol. The molecular formula is C22H26N2O3S2. The second-order valence-corrected chi connectivity index (χ2v) is 9.78. The number of anilines is 1. The van der Waals surface area contributed by atoms with E-state index >= 15 is 0 Å². The van der Waals surface area contributed by atoms with Crippen molar-refractivity contribution in [3.63, 3.8) is 0 Å². The van der Waals surface area contributed by atoms with Gasteiger partial charge in [0.2, 0.25) is 0 Å². The molecule has 1 aromatic carbocycles. The van der Waals surface area contributed by atoms with Crippen molar-refractivity contribution in [2.24, 2.45) is 11.8 Å². The number of carbonyl (C=O) groups is 2. The van der Waals surface area contributed by atoms with E-state index in [4.69, 9.17) is 17.3 Å². The van der Waals surface area contributed by atoms with Gasteiger partial charge < -0.3 is 10.0 Å². The first-order valence-corrected chi connectivity index (χ1v) is 11.6. The molecule has 2 heterocycles.